The average molecular weight is 1320 g/mol. The molecule has 2 amide bonds. The summed E-state index contributed by atoms with van der Waals surface area (Å²) in [5, 5.41) is 22.6. The van der Waals surface area contributed by atoms with Gasteiger partial charge in [-0.15, -0.1) is 0 Å². The summed E-state index contributed by atoms with van der Waals surface area (Å²) in [4.78, 5) is 81.4. The van der Waals surface area contributed by atoms with E-state index in [1.54, 1.807) is 50.0 Å². The number of benzene rings is 2. The number of carbonyl (C=O) groups is 4. The molecule has 2 atom stereocenters. The van der Waals surface area contributed by atoms with Crippen LogP contribution >= 0.6 is 27.5 Å². The molecule has 8 heterocycles. The summed E-state index contributed by atoms with van der Waals surface area (Å²) >= 11 is 9.23. The van der Waals surface area contributed by atoms with Crippen molar-refractivity contribution in [3.63, 3.8) is 0 Å². The first-order valence-corrected chi connectivity index (χ1v) is 30.9. The van der Waals surface area contributed by atoms with Crippen molar-refractivity contribution in [2.75, 3.05) is 36.8 Å². The normalized spacial score (nSPS) is 15.0. The molecular formula is C64H82BrClN16O8. The molecule has 480 valence electrons. The molecule has 0 saturated carbocycles. The number of carbonyl (C=O) groups excluding carboxylic acids is 4. The van der Waals surface area contributed by atoms with Gasteiger partial charge in [0.25, 0.3) is 0 Å². The van der Waals surface area contributed by atoms with Gasteiger partial charge in [-0.25, -0.2) is 29.5 Å². The topological polar surface area (TPSA) is 282 Å². The molecule has 6 aromatic heterocycles. The van der Waals surface area contributed by atoms with E-state index < -0.39 is 17.3 Å². The third-order valence-electron chi connectivity index (χ3n) is 13.6. The number of aromatic nitrogens is 12. The number of ketones is 2. The van der Waals surface area contributed by atoms with Crippen LogP contribution in [0.4, 0.5) is 32.9 Å². The number of hydrogen-bond donors (Lipinski definition) is 2. The predicted octanol–water partition coefficient (Wildman–Crippen LogP) is 13.4. The van der Waals surface area contributed by atoms with Crippen LogP contribution < -0.4 is 10.6 Å². The molecule has 2 N–H and O–H groups in total. The zero-order valence-corrected chi connectivity index (χ0v) is 56.5. The second kappa shape index (κ2) is 29.5. The van der Waals surface area contributed by atoms with E-state index in [1.807, 2.05) is 154 Å². The second-order valence-corrected chi connectivity index (χ2v) is 26.9. The molecule has 2 unspecified atom stereocenters. The van der Waals surface area contributed by atoms with Gasteiger partial charge in [-0.3, -0.25) is 19.0 Å². The number of hydrogen-bond acceptors (Lipinski definition) is 20. The second-order valence-electron chi connectivity index (χ2n) is 25.6. The van der Waals surface area contributed by atoms with Gasteiger partial charge < -0.3 is 39.0 Å². The monoisotopic (exact) mass is 1320 g/mol. The van der Waals surface area contributed by atoms with Gasteiger partial charge in [0.15, 0.2) is 0 Å². The molecule has 2 aliphatic heterocycles. The molecule has 0 saturated heterocycles. The Morgan fingerprint density at radius 2 is 1.06 bits per heavy atom. The van der Waals surface area contributed by atoms with Crippen molar-refractivity contribution in [3.8, 4) is 11.3 Å². The Morgan fingerprint density at radius 1 is 0.611 bits per heavy atom. The number of amides is 2. The van der Waals surface area contributed by atoms with Crippen LogP contribution in [0.3, 0.4) is 0 Å². The fraction of sp³-hybridized carbons (Fsp3) is 0.469. The van der Waals surface area contributed by atoms with E-state index in [-0.39, 0.29) is 64.8 Å². The van der Waals surface area contributed by atoms with Gasteiger partial charge in [0.1, 0.15) is 16.4 Å². The molecule has 10 rings (SSSR count). The number of ether oxygens (including phenoxy) is 2. The number of nitrogens with one attached hydrogen (secondary N) is 2. The quantitative estimate of drug-likeness (QED) is 0.0899. The number of nitrogens with zero attached hydrogens (tertiary/aromatic N) is 14. The molecule has 24 nitrogen and oxygen atoms in total. The van der Waals surface area contributed by atoms with Crippen LogP contribution in [0.5, 0.6) is 0 Å². The number of anilines is 4. The van der Waals surface area contributed by atoms with Crippen LogP contribution in [0.25, 0.3) is 11.3 Å². The van der Waals surface area contributed by atoms with Gasteiger partial charge in [0.2, 0.25) is 46.9 Å². The van der Waals surface area contributed by atoms with Crippen molar-refractivity contribution in [1.29, 1.82) is 0 Å². The highest BCUT2D eigenvalue weighted by Gasteiger charge is 2.35. The highest BCUT2D eigenvalue weighted by atomic mass is 79.9. The van der Waals surface area contributed by atoms with E-state index in [0.717, 1.165) is 49.4 Å². The maximum atomic E-state index is 13.4. The number of halogens is 2. The summed E-state index contributed by atoms with van der Waals surface area (Å²) < 4.78 is 26.3. The maximum Gasteiger partial charge on any atom is 0.410 e. The lowest BCUT2D eigenvalue weighted by molar-refractivity contribution is 0.0234. The lowest BCUT2D eigenvalue weighted by Gasteiger charge is -2.28. The Hall–Kier alpha value is -8.45. The van der Waals surface area contributed by atoms with Crippen molar-refractivity contribution >= 4 is 74.6 Å². The van der Waals surface area contributed by atoms with Crippen molar-refractivity contribution in [1.82, 2.24) is 69.6 Å². The number of rotatable bonds is 11. The summed E-state index contributed by atoms with van der Waals surface area (Å²) in [6, 6.07) is 15.6. The van der Waals surface area contributed by atoms with Gasteiger partial charge in [-0.1, -0.05) is 111 Å². The van der Waals surface area contributed by atoms with Gasteiger partial charge >= 0.3 is 12.2 Å². The fourth-order valence-corrected chi connectivity index (χ4v) is 9.99. The minimum atomic E-state index is -0.642. The van der Waals surface area contributed by atoms with Crippen LogP contribution in [0, 0.1) is 0 Å². The lowest BCUT2D eigenvalue weighted by Crippen LogP contribution is -2.39. The molecule has 90 heavy (non-hydrogen) atoms. The number of aryl methyl sites for hydroxylation is 2. The minimum absolute atomic E-state index is 0.0470. The Balaban J connectivity index is 0.000000212. The first kappa shape index (κ1) is 69.0. The molecule has 2 aromatic carbocycles. The van der Waals surface area contributed by atoms with Crippen molar-refractivity contribution in [2.24, 2.45) is 14.1 Å². The Kier molecular flexibility index (Phi) is 22.6. The fourth-order valence-electron chi connectivity index (χ4n) is 9.44. The van der Waals surface area contributed by atoms with Crippen LogP contribution in [-0.4, -0.2) is 131 Å². The molecule has 0 aliphatic carbocycles. The lowest BCUT2D eigenvalue weighted by atomic mass is 9.88. The number of fused-ring (bicyclic) bond motifs is 2. The highest BCUT2D eigenvalue weighted by Crippen LogP contribution is 2.35. The third-order valence-corrected chi connectivity index (χ3v) is 14.3. The van der Waals surface area contributed by atoms with Gasteiger partial charge in [0, 0.05) is 111 Å². The summed E-state index contributed by atoms with van der Waals surface area (Å²) in [6.07, 6.45) is 11.1. The minimum Gasteiger partial charge on any atom is -0.444 e. The van der Waals surface area contributed by atoms with Gasteiger partial charge in [-0.05, 0) is 107 Å². The molecule has 0 radical (unpaired) electrons. The zero-order valence-electron chi connectivity index (χ0n) is 54.2. The van der Waals surface area contributed by atoms with Gasteiger partial charge in [0.05, 0.1) is 29.5 Å². The van der Waals surface area contributed by atoms with Crippen LogP contribution in [0.15, 0.2) is 99.2 Å². The van der Waals surface area contributed by atoms with E-state index >= 15 is 0 Å². The van der Waals surface area contributed by atoms with E-state index in [0.29, 0.717) is 67.9 Å². The van der Waals surface area contributed by atoms with Crippen molar-refractivity contribution < 1.29 is 37.7 Å². The summed E-state index contributed by atoms with van der Waals surface area (Å²) in [5.41, 5.74) is 5.52. The van der Waals surface area contributed by atoms with E-state index in [9.17, 15) is 19.2 Å². The standard InChI is InChI=1S/C31H38N8O4.C23H30BrN3O4.C8H8ClN5.C2H6/c1-30(2,3)27-36-26(37-43-27)25(40)15-21-17-39(29(41)42-31(4,5)6)13-11-19-14-20(8-9-23(19)21)24-10-12-32-28(35-24)34-22-16-33-38(7)18-22;1-22(2,3)20-25-19(26-31-20)18(28)12-15-13-27(21(29)30-23(4,5)6)10-9-14-11-16(24)7-8-17(14)15;1-14-5-6(4-11-14)12-8-10-3-2-7(9)13-8;1-2/h8-10,12,14,16,18,21H,11,13,15,17H2,1-7H3,(H,32,34,35);7-8,11,15H,9-10,12-13H2,1-6H3;2-5H,1H3,(H,10,12,13);1-2H3. The Bertz CT molecular complexity index is 3760. The van der Waals surface area contributed by atoms with Gasteiger partial charge in [-0.2, -0.15) is 20.2 Å². The molecule has 8 aromatic rings. The Morgan fingerprint density at radius 3 is 1.48 bits per heavy atom. The molecule has 2 aliphatic rings. The van der Waals surface area contributed by atoms with Crippen molar-refractivity contribution in [3.05, 3.63) is 141 Å². The first-order valence-electron chi connectivity index (χ1n) is 29.8. The summed E-state index contributed by atoms with van der Waals surface area (Å²) in [7, 11) is 3.68. The van der Waals surface area contributed by atoms with E-state index in [2.05, 4.69) is 84.1 Å². The predicted molar refractivity (Wildman–Crippen MR) is 345 cm³/mol. The first-order chi connectivity index (χ1) is 42.3. The number of Topliss-reactive ketones (excluding diaryl/α,β-unsaturated/α-hetero) is 2. The van der Waals surface area contributed by atoms with E-state index in [4.69, 9.17) is 35.1 Å². The SMILES string of the molecule is CC.CC(C)(C)OC(=O)N1CCc2cc(Br)ccc2C(CC(=O)c2noc(C(C)(C)C)n2)C1.Cn1cc(Nc2nccc(-c3ccc4c(c3)CCN(C(=O)OC(C)(C)C)CC4CC(=O)c3noc(C(C)(C)C)n3)n2)cn1.Cn1cc(Nc2nccc(Cl)n2)cn1. The third kappa shape index (κ3) is 19.8. The summed E-state index contributed by atoms with van der Waals surface area (Å²) in [6.45, 7) is 28.4. The highest BCUT2D eigenvalue weighted by molar-refractivity contribution is 9.10. The van der Waals surface area contributed by atoms with Crippen LogP contribution in [0.2, 0.25) is 5.15 Å². The average Bonchev–Trinajstić information content (AvgIpc) is 1.85. The maximum absolute atomic E-state index is 13.4. The molecule has 0 spiro atoms. The van der Waals surface area contributed by atoms with Crippen LogP contribution in [0.1, 0.15) is 177 Å². The van der Waals surface area contributed by atoms with E-state index in [1.165, 1.54) is 0 Å². The van der Waals surface area contributed by atoms with Crippen molar-refractivity contribution in [2.45, 2.75) is 156 Å². The summed E-state index contributed by atoms with van der Waals surface area (Å²) in [5.74, 6) is 0.938. The molecule has 26 heteroatoms. The molecule has 0 fully saturated rings. The smallest absolute Gasteiger partial charge is 0.410 e. The Labute approximate surface area is 538 Å². The molecule has 0 bridgehead atoms. The zero-order chi connectivity index (χ0) is 65.9. The molecular weight excluding hydrogens is 1240 g/mol. The largest absolute Gasteiger partial charge is 0.444 e. The van der Waals surface area contributed by atoms with Crippen LogP contribution in [-0.2, 0) is 47.2 Å².